The van der Waals surface area contributed by atoms with Crippen molar-refractivity contribution >= 4 is 23.0 Å². The van der Waals surface area contributed by atoms with Gasteiger partial charge in [0.05, 0.1) is 17.3 Å². The second-order valence-electron chi connectivity index (χ2n) is 6.95. The average molecular weight is 393 g/mol. The van der Waals surface area contributed by atoms with Crippen LogP contribution in [0.5, 0.6) is 5.75 Å². The van der Waals surface area contributed by atoms with Crippen LogP contribution in [0.1, 0.15) is 35.3 Å². The molecule has 0 heterocycles. The normalized spacial score (nSPS) is 11.8. The highest BCUT2D eigenvalue weighted by atomic mass is 16.3. The molecular weight excluding hydrogens is 370 g/mol. The Morgan fingerprint density at radius 1 is 1.00 bits per heavy atom. The van der Waals surface area contributed by atoms with E-state index in [1.165, 1.54) is 17.0 Å². The van der Waals surface area contributed by atoms with Crippen molar-refractivity contribution in [3.8, 4) is 5.75 Å². The molecule has 0 radical (unpaired) electrons. The van der Waals surface area contributed by atoms with Gasteiger partial charge in [0.25, 0.3) is 16.8 Å². The van der Waals surface area contributed by atoms with Crippen molar-refractivity contribution in [1.82, 2.24) is 4.90 Å². The third-order valence-electron chi connectivity index (χ3n) is 4.77. The van der Waals surface area contributed by atoms with E-state index in [-0.39, 0.29) is 40.3 Å². The summed E-state index contributed by atoms with van der Waals surface area (Å²) >= 11 is 0. The smallest absolute Gasteiger partial charge is 0.257 e. The fourth-order valence-corrected chi connectivity index (χ4v) is 3.12. The molecule has 3 aromatic carbocycles. The summed E-state index contributed by atoms with van der Waals surface area (Å²) in [4.78, 5) is 37.9. The minimum Gasteiger partial charge on any atom is -0.505 e. The molecular formula is C22H23N3O4. The fourth-order valence-electron chi connectivity index (χ4n) is 3.12. The number of anilines is 3. The largest absolute Gasteiger partial charge is 0.505 e. The number of phenols is 1. The van der Waals surface area contributed by atoms with E-state index in [0.29, 0.717) is 6.42 Å². The predicted molar refractivity (Wildman–Crippen MR) is 114 cm³/mol. The average Bonchev–Trinajstić information content (AvgIpc) is 2.74. The second-order valence-corrected chi connectivity index (χ2v) is 6.95. The van der Waals surface area contributed by atoms with Crippen LogP contribution in [0, 0.1) is 0 Å². The van der Waals surface area contributed by atoms with E-state index in [2.05, 4.69) is 10.6 Å². The van der Waals surface area contributed by atoms with Gasteiger partial charge in [0.15, 0.2) is 5.75 Å². The predicted octanol–water partition coefficient (Wildman–Crippen LogP) is 3.00. The Hall–Kier alpha value is -3.61. The van der Waals surface area contributed by atoms with Crippen LogP contribution in [0.2, 0.25) is 0 Å². The topological polar surface area (TPSA) is 98.7 Å². The molecule has 0 fully saturated rings. The fraction of sp³-hybridized carbons (Fsp3) is 0.227. The highest BCUT2D eigenvalue weighted by molar-refractivity contribution is 5.99. The summed E-state index contributed by atoms with van der Waals surface area (Å²) < 4.78 is 0. The Kier molecular flexibility index (Phi) is 5.68. The number of nitrogens with one attached hydrogen (secondary N) is 2. The van der Waals surface area contributed by atoms with Gasteiger partial charge in [0.2, 0.25) is 0 Å². The van der Waals surface area contributed by atoms with Crippen LogP contribution in [-0.4, -0.2) is 30.0 Å². The number of benzene rings is 2. The van der Waals surface area contributed by atoms with Crippen LogP contribution in [0.25, 0.3) is 0 Å². The first kappa shape index (κ1) is 20.1. The van der Waals surface area contributed by atoms with Crippen molar-refractivity contribution in [2.75, 3.05) is 24.7 Å². The minimum absolute atomic E-state index is 0.0779. The lowest BCUT2D eigenvalue weighted by molar-refractivity contribution is 0.0824. The molecule has 3 N–H and O–H groups in total. The number of para-hydroxylation sites is 1. The summed E-state index contributed by atoms with van der Waals surface area (Å²) in [5.74, 6) is -0.648. The first-order chi connectivity index (χ1) is 13.8. The Bertz CT molecular complexity index is 1100. The van der Waals surface area contributed by atoms with Gasteiger partial charge in [-0.15, -0.1) is 0 Å². The zero-order valence-electron chi connectivity index (χ0n) is 16.5. The maximum absolute atomic E-state index is 12.2. The lowest BCUT2D eigenvalue weighted by Gasteiger charge is -2.22. The van der Waals surface area contributed by atoms with Crippen LogP contribution in [0.15, 0.2) is 58.1 Å². The molecule has 1 unspecified atom stereocenters. The molecule has 0 aliphatic heterocycles. The molecule has 3 rings (SSSR count). The first-order valence-electron chi connectivity index (χ1n) is 9.30. The summed E-state index contributed by atoms with van der Waals surface area (Å²) in [5, 5.41) is 16.4. The molecule has 7 nitrogen and oxygen atoms in total. The van der Waals surface area contributed by atoms with Crippen LogP contribution >= 0.6 is 0 Å². The molecule has 0 aromatic heterocycles. The van der Waals surface area contributed by atoms with Gasteiger partial charge in [0.1, 0.15) is 11.4 Å². The Morgan fingerprint density at radius 2 is 1.66 bits per heavy atom. The summed E-state index contributed by atoms with van der Waals surface area (Å²) in [6.45, 7) is 1.98. The molecule has 1 atom stereocenters. The highest BCUT2D eigenvalue weighted by Crippen LogP contribution is 2.33. The van der Waals surface area contributed by atoms with E-state index < -0.39 is 10.9 Å². The molecule has 0 spiro atoms. The number of aromatic hydroxyl groups is 1. The molecule has 3 aromatic rings. The van der Waals surface area contributed by atoms with E-state index in [1.807, 2.05) is 37.3 Å². The van der Waals surface area contributed by atoms with E-state index in [9.17, 15) is 19.5 Å². The van der Waals surface area contributed by atoms with Gasteiger partial charge < -0.3 is 20.6 Å². The maximum Gasteiger partial charge on any atom is 0.257 e. The van der Waals surface area contributed by atoms with Gasteiger partial charge in [-0.25, -0.2) is 0 Å². The number of amides is 1. The number of phenolic OH excluding ortho intramolecular Hbond substituents is 1. The monoisotopic (exact) mass is 393 g/mol. The quantitative estimate of drug-likeness (QED) is 0.422. The van der Waals surface area contributed by atoms with Crippen molar-refractivity contribution in [3.63, 3.8) is 0 Å². The van der Waals surface area contributed by atoms with Crippen molar-refractivity contribution in [2.24, 2.45) is 0 Å². The number of carbonyl (C=O) groups excluding carboxylic acids is 1. The lowest BCUT2D eigenvalue weighted by atomic mass is 10.0. The zero-order valence-corrected chi connectivity index (χ0v) is 16.5. The van der Waals surface area contributed by atoms with Crippen LogP contribution in [-0.2, 0) is 0 Å². The third kappa shape index (κ3) is 3.85. The molecule has 150 valence electrons. The van der Waals surface area contributed by atoms with Gasteiger partial charge >= 0.3 is 0 Å². The number of rotatable bonds is 7. The first-order valence-corrected chi connectivity index (χ1v) is 9.30. The number of nitrogens with zero attached hydrogens (tertiary/aromatic N) is 1. The lowest BCUT2D eigenvalue weighted by Crippen LogP contribution is -2.37. The molecule has 0 aliphatic carbocycles. The SMILES string of the molecule is CCC(Nc1c(Nc2cccc(C(=O)N(C)C)c2O)c(=O)c1=O)c1ccccc1. The minimum atomic E-state index is -0.667. The Balaban J connectivity index is 1.90. The van der Waals surface area contributed by atoms with Crippen LogP contribution in [0.3, 0.4) is 0 Å². The van der Waals surface area contributed by atoms with E-state index in [0.717, 1.165) is 5.56 Å². The molecule has 0 saturated carbocycles. The molecule has 0 bridgehead atoms. The number of hydrogen-bond acceptors (Lipinski definition) is 6. The highest BCUT2D eigenvalue weighted by Gasteiger charge is 2.25. The van der Waals surface area contributed by atoms with Crippen molar-refractivity contribution in [3.05, 3.63) is 80.1 Å². The number of hydrogen-bond donors (Lipinski definition) is 3. The van der Waals surface area contributed by atoms with Gasteiger partial charge in [-0.2, -0.15) is 0 Å². The summed E-state index contributed by atoms with van der Waals surface area (Å²) in [6, 6.07) is 14.1. The molecule has 0 saturated heterocycles. The van der Waals surface area contributed by atoms with Crippen LogP contribution in [0.4, 0.5) is 17.1 Å². The molecule has 7 heteroatoms. The Morgan fingerprint density at radius 3 is 2.28 bits per heavy atom. The molecule has 0 aliphatic rings. The van der Waals surface area contributed by atoms with Gasteiger partial charge in [0, 0.05) is 14.1 Å². The standard InChI is InChI=1S/C22H23N3O4/c1-4-15(13-9-6-5-7-10-13)23-17-18(21(28)20(17)27)24-16-12-8-11-14(19(16)26)22(29)25(2)3/h5-12,15,23-24,26H,4H2,1-3H3. The molecule has 29 heavy (non-hydrogen) atoms. The Labute approximate surface area is 168 Å². The third-order valence-corrected chi connectivity index (χ3v) is 4.77. The van der Waals surface area contributed by atoms with Crippen molar-refractivity contribution in [2.45, 2.75) is 19.4 Å². The van der Waals surface area contributed by atoms with Gasteiger partial charge in [-0.3, -0.25) is 14.4 Å². The second kappa shape index (κ2) is 8.18. The van der Waals surface area contributed by atoms with Crippen molar-refractivity contribution < 1.29 is 9.90 Å². The molecule has 1 amide bonds. The van der Waals surface area contributed by atoms with Crippen LogP contribution < -0.4 is 21.5 Å². The van der Waals surface area contributed by atoms with Crippen molar-refractivity contribution in [1.29, 1.82) is 0 Å². The maximum atomic E-state index is 12.2. The van der Waals surface area contributed by atoms with E-state index >= 15 is 0 Å². The summed E-state index contributed by atoms with van der Waals surface area (Å²) in [6.07, 6.45) is 0.709. The van der Waals surface area contributed by atoms with Gasteiger partial charge in [-0.1, -0.05) is 43.3 Å². The van der Waals surface area contributed by atoms with Gasteiger partial charge in [-0.05, 0) is 24.1 Å². The van der Waals surface area contributed by atoms with E-state index in [1.54, 1.807) is 20.2 Å². The zero-order chi connectivity index (χ0) is 21.1. The van der Waals surface area contributed by atoms with E-state index in [4.69, 9.17) is 0 Å². The summed E-state index contributed by atoms with van der Waals surface area (Å²) in [7, 11) is 3.16. The summed E-state index contributed by atoms with van der Waals surface area (Å²) in [5.41, 5.74) is 0.254. The number of carbonyl (C=O) groups is 1.